The largest absolute Gasteiger partial charge is 0.379 e. The summed E-state index contributed by atoms with van der Waals surface area (Å²) >= 11 is 0. The molecular weight excluding hydrogens is 252 g/mol. The Morgan fingerprint density at radius 3 is 3.00 bits per heavy atom. The number of pyridine rings is 1. The van der Waals surface area contributed by atoms with Crippen LogP contribution in [0.1, 0.15) is 18.4 Å². The highest BCUT2D eigenvalue weighted by Crippen LogP contribution is 2.26. The Morgan fingerprint density at radius 2 is 2.25 bits per heavy atom. The molecule has 20 heavy (non-hydrogen) atoms. The number of aromatic nitrogens is 1. The van der Waals surface area contributed by atoms with E-state index in [-0.39, 0.29) is 11.9 Å². The molecule has 0 saturated carbocycles. The summed E-state index contributed by atoms with van der Waals surface area (Å²) < 4.78 is 0. The van der Waals surface area contributed by atoms with Gasteiger partial charge in [0.15, 0.2) is 0 Å². The second-order valence-corrected chi connectivity index (χ2v) is 4.86. The molecule has 5 heteroatoms. The summed E-state index contributed by atoms with van der Waals surface area (Å²) in [4.78, 5) is 15.5. The fourth-order valence-corrected chi connectivity index (χ4v) is 2.44. The predicted octanol–water partition coefficient (Wildman–Crippen LogP) is 1.80. The first-order valence-corrected chi connectivity index (χ1v) is 6.59. The third kappa shape index (κ3) is 2.28. The standard InChI is InChI=1S/C15H14N4O/c16-7-10-8-17-13-4-2-1-3-12(13)15(10)19-11-5-6-14(20)18-9-11/h1-4,8,11H,5-6,9H2,(H,17,19)(H,18,20). The van der Waals surface area contributed by atoms with E-state index < -0.39 is 0 Å². The van der Waals surface area contributed by atoms with Gasteiger partial charge in [-0.1, -0.05) is 18.2 Å². The van der Waals surface area contributed by atoms with E-state index in [4.69, 9.17) is 0 Å². The summed E-state index contributed by atoms with van der Waals surface area (Å²) in [5.41, 5.74) is 2.19. The maximum absolute atomic E-state index is 11.2. The molecular formula is C15H14N4O. The molecule has 1 atom stereocenters. The lowest BCUT2D eigenvalue weighted by atomic mass is 10.0. The van der Waals surface area contributed by atoms with Gasteiger partial charge in [0.25, 0.3) is 0 Å². The predicted molar refractivity (Wildman–Crippen MR) is 76.1 cm³/mol. The second-order valence-electron chi connectivity index (χ2n) is 4.86. The number of fused-ring (bicyclic) bond motifs is 1. The Hall–Kier alpha value is -2.61. The average Bonchev–Trinajstić information content (AvgIpc) is 2.50. The quantitative estimate of drug-likeness (QED) is 0.868. The van der Waals surface area contributed by atoms with Gasteiger partial charge >= 0.3 is 0 Å². The number of carbonyl (C=O) groups is 1. The first kappa shape index (κ1) is 12.4. The molecule has 3 rings (SSSR count). The maximum Gasteiger partial charge on any atom is 0.220 e. The van der Waals surface area contributed by atoms with Gasteiger partial charge in [-0.3, -0.25) is 9.78 Å². The van der Waals surface area contributed by atoms with Gasteiger partial charge in [-0.25, -0.2) is 0 Å². The molecule has 0 radical (unpaired) electrons. The molecule has 2 heterocycles. The van der Waals surface area contributed by atoms with Crippen molar-refractivity contribution in [2.45, 2.75) is 18.9 Å². The van der Waals surface area contributed by atoms with Gasteiger partial charge in [-0.2, -0.15) is 5.26 Å². The lowest BCUT2D eigenvalue weighted by molar-refractivity contribution is -0.122. The maximum atomic E-state index is 11.2. The van der Waals surface area contributed by atoms with E-state index in [0.29, 0.717) is 18.5 Å². The number of nitrogens with zero attached hydrogens (tertiary/aromatic N) is 2. The Labute approximate surface area is 116 Å². The number of hydrogen-bond donors (Lipinski definition) is 2. The zero-order valence-electron chi connectivity index (χ0n) is 10.9. The first-order chi connectivity index (χ1) is 9.78. The molecule has 1 aromatic carbocycles. The van der Waals surface area contributed by atoms with Crippen molar-refractivity contribution in [3.8, 4) is 6.07 Å². The van der Waals surface area contributed by atoms with Gasteiger partial charge in [-0.15, -0.1) is 0 Å². The number of nitrogens with one attached hydrogen (secondary N) is 2. The van der Waals surface area contributed by atoms with Gasteiger partial charge in [0.2, 0.25) is 5.91 Å². The number of nitriles is 1. The fourth-order valence-electron chi connectivity index (χ4n) is 2.44. The Bertz CT molecular complexity index is 695. The number of para-hydroxylation sites is 1. The smallest absolute Gasteiger partial charge is 0.220 e. The highest BCUT2D eigenvalue weighted by Gasteiger charge is 2.19. The summed E-state index contributed by atoms with van der Waals surface area (Å²) in [5, 5.41) is 16.4. The van der Waals surface area contributed by atoms with Gasteiger partial charge < -0.3 is 10.6 Å². The summed E-state index contributed by atoms with van der Waals surface area (Å²) in [6, 6.07) is 10.0. The molecule has 1 aliphatic heterocycles. The van der Waals surface area contributed by atoms with Crippen LogP contribution in [-0.4, -0.2) is 23.5 Å². The van der Waals surface area contributed by atoms with Crippen molar-refractivity contribution in [1.29, 1.82) is 5.26 Å². The fraction of sp³-hybridized carbons (Fsp3) is 0.267. The number of carbonyl (C=O) groups excluding carboxylic acids is 1. The van der Waals surface area contributed by atoms with Crippen LogP contribution >= 0.6 is 0 Å². The molecule has 1 aromatic heterocycles. The number of amides is 1. The Balaban J connectivity index is 1.97. The molecule has 1 fully saturated rings. The molecule has 0 bridgehead atoms. The summed E-state index contributed by atoms with van der Waals surface area (Å²) in [6.07, 6.45) is 2.88. The van der Waals surface area contributed by atoms with Crippen LogP contribution in [0.25, 0.3) is 10.9 Å². The van der Waals surface area contributed by atoms with Gasteiger partial charge in [0, 0.05) is 30.6 Å². The van der Waals surface area contributed by atoms with E-state index in [0.717, 1.165) is 23.0 Å². The van der Waals surface area contributed by atoms with Crippen LogP contribution in [0.4, 0.5) is 5.69 Å². The molecule has 2 N–H and O–H groups in total. The summed E-state index contributed by atoms with van der Waals surface area (Å²) in [5.74, 6) is 0.0862. The highest BCUT2D eigenvalue weighted by molar-refractivity contribution is 5.94. The summed E-state index contributed by atoms with van der Waals surface area (Å²) in [7, 11) is 0. The monoisotopic (exact) mass is 266 g/mol. The van der Waals surface area contributed by atoms with Crippen LogP contribution < -0.4 is 10.6 Å². The van der Waals surface area contributed by atoms with E-state index in [1.165, 1.54) is 0 Å². The van der Waals surface area contributed by atoms with E-state index >= 15 is 0 Å². The highest BCUT2D eigenvalue weighted by atomic mass is 16.1. The molecule has 1 unspecified atom stereocenters. The minimum absolute atomic E-state index is 0.0862. The second kappa shape index (κ2) is 5.17. The van der Waals surface area contributed by atoms with Crippen molar-refractivity contribution in [2.24, 2.45) is 0 Å². The third-order valence-electron chi connectivity index (χ3n) is 3.51. The lowest BCUT2D eigenvalue weighted by Gasteiger charge is -2.25. The number of hydrogen-bond acceptors (Lipinski definition) is 4. The van der Waals surface area contributed by atoms with Crippen molar-refractivity contribution >= 4 is 22.5 Å². The topological polar surface area (TPSA) is 77.8 Å². The third-order valence-corrected chi connectivity index (χ3v) is 3.51. The van der Waals surface area contributed by atoms with Crippen LogP contribution in [-0.2, 0) is 4.79 Å². The Kier molecular flexibility index (Phi) is 3.21. The van der Waals surface area contributed by atoms with E-state index in [1.807, 2.05) is 24.3 Å². The molecule has 100 valence electrons. The normalized spacial score (nSPS) is 18.4. The molecule has 1 amide bonds. The molecule has 0 spiro atoms. The van der Waals surface area contributed by atoms with Crippen molar-refractivity contribution in [3.05, 3.63) is 36.0 Å². The van der Waals surface area contributed by atoms with Gasteiger partial charge in [0.1, 0.15) is 6.07 Å². The van der Waals surface area contributed by atoms with E-state index in [2.05, 4.69) is 21.7 Å². The van der Waals surface area contributed by atoms with Crippen molar-refractivity contribution in [1.82, 2.24) is 10.3 Å². The number of rotatable bonds is 2. The molecule has 5 nitrogen and oxygen atoms in total. The minimum Gasteiger partial charge on any atom is -0.379 e. The van der Waals surface area contributed by atoms with Crippen molar-refractivity contribution in [3.63, 3.8) is 0 Å². The number of anilines is 1. The first-order valence-electron chi connectivity index (χ1n) is 6.59. The number of benzene rings is 1. The average molecular weight is 266 g/mol. The summed E-state index contributed by atoms with van der Waals surface area (Å²) in [6.45, 7) is 0.584. The Morgan fingerprint density at radius 1 is 1.40 bits per heavy atom. The van der Waals surface area contributed by atoms with Crippen LogP contribution in [0.2, 0.25) is 0 Å². The zero-order valence-corrected chi connectivity index (χ0v) is 10.9. The van der Waals surface area contributed by atoms with E-state index in [9.17, 15) is 10.1 Å². The molecule has 0 aliphatic carbocycles. The van der Waals surface area contributed by atoms with E-state index in [1.54, 1.807) is 6.20 Å². The number of piperidine rings is 1. The van der Waals surface area contributed by atoms with Crippen LogP contribution in [0.15, 0.2) is 30.5 Å². The zero-order chi connectivity index (χ0) is 13.9. The van der Waals surface area contributed by atoms with Crippen molar-refractivity contribution < 1.29 is 4.79 Å². The lowest BCUT2D eigenvalue weighted by Crippen LogP contribution is -2.42. The van der Waals surface area contributed by atoms with Crippen LogP contribution in [0.3, 0.4) is 0 Å². The van der Waals surface area contributed by atoms with Gasteiger partial charge in [-0.05, 0) is 12.5 Å². The van der Waals surface area contributed by atoms with Gasteiger partial charge in [0.05, 0.1) is 16.8 Å². The van der Waals surface area contributed by atoms with Crippen molar-refractivity contribution in [2.75, 3.05) is 11.9 Å². The molecule has 1 aliphatic rings. The SMILES string of the molecule is N#Cc1cnc2ccccc2c1NC1CCC(=O)NC1. The van der Waals surface area contributed by atoms with Crippen LogP contribution in [0, 0.1) is 11.3 Å². The minimum atomic E-state index is 0.0862. The van der Waals surface area contributed by atoms with Crippen LogP contribution in [0.5, 0.6) is 0 Å². The molecule has 2 aromatic rings. The molecule has 1 saturated heterocycles.